The summed E-state index contributed by atoms with van der Waals surface area (Å²) >= 11 is 6.36. The number of nitrogens with zero attached hydrogens (tertiary/aromatic N) is 8. The third-order valence-corrected chi connectivity index (χ3v) is 7.54. The topological polar surface area (TPSA) is 83.3 Å². The maximum absolute atomic E-state index is 12.4. The molecule has 0 unspecified atom stereocenters. The largest absolute Gasteiger partial charge is 0.354 e. The van der Waals surface area contributed by atoms with Crippen LogP contribution in [0.15, 0.2) is 36.8 Å². The predicted octanol–water partition coefficient (Wildman–Crippen LogP) is 2.50. The maximum atomic E-state index is 12.4. The van der Waals surface area contributed by atoms with E-state index in [0.717, 1.165) is 54.6 Å². The van der Waals surface area contributed by atoms with Crippen molar-refractivity contribution >= 4 is 23.3 Å². The van der Waals surface area contributed by atoms with E-state index in [1.807, 2.05) is 18.3 Å². The lowest BCUT2D eigenvalue weighted by molar-refractivity contribution is -0.130. The van der Waals surface area contributed by atoms with Crippen molar-refractivity contribution in [2.75, 3.05) is 38.6 Å². The van der Waals surface area contributed by atoms with Crippen molar-refractivity contribution in [1.82, 2.24) is 34.5 Å². The van der Waals surface area contributed by atoms with E-state index in [4.69, 9.17) is 11.6 Å². The zero-order valence-electron chi connectivity index (χ0n) is 19.4. The minimum atomic E-state index is 0.0651. The number of amides is 1. The van der Waals surface area contributed by atoms with Gasteiger partial charge in [-0.1, -0.05) is 11.6 Å². The molecule has 1 spiro atoms. The van der Waals surface area contributed by atoms with Crippen LogP contribution >= 0.6 is 11.6 Å². The number of aromatic nitrogens is 5. The van der Waals surface area contributed by atoms with Crippen LogP contribution in [0.5, 0.6) is 0 Å². The number of anilines is 1. The molecule has 1 aliphatic carbocycles. The first-order valence-electron chi connectivity index (χ1n) is 11.6. The van der Waals surface area contributed by atoms with Crippen LogP contribution in [0.1, 0.15) is 36.0 Å². The Balaban J connectivity index is 1.24. The van der Waals surface area contributed by atoms with E-state index in [-0.39, 0.29) is 5.91 Å². The number of carbonyl (C=O) groups excluding carboxylic acids is 1. The minimum Gasteiger partial charge on any atom is -0.354 e. The van der Waals surface area contributed by atoms with Crippen LogP contribution < -0.4 is 4.90 Å². The fourth-order valence-electron chi connectivity index (χ4n) is 5.61. The molecule has 0 radical (unpaired) electrons. The summed E-state index contributed by atoms with van der Waals surface area (Å²) in [6.07, 6.45) is 7.46. The van der Waals surface area contributed by atoms with Crippen LogP contribution in [0.25, 0.3) is 5.69 Å². The van der Waals surface area contributed by atoms with Gasteiger partial charge >= 0.3 is 0 Å². The third-order valence-electron chi connectivity index (χ3n) is 7.30. The molecule has 2 aliphatic heterocycles. The number of rotatable bonds is 4. The number of hydrogen-bond donors (Lipinski definition) is 0. The number of fused-ring (bicyclic) bond motifs is 3. The van der Waals surface area contributed by atoms with Crippen molar-refractivity contribution in [1.29, 1.82) is 0 Å². The molecule has 0 bridgehead atoms. The van der Waals surface area contributed by atoms with Gasteiger partial charge in [-0.05, 0) is 36.6 Å². The van der Waals surface area contributed by atoms with Gasteiger partial charge in [-0.2, -0.15) is 0 Å². The molecular weight excluding hydrogens is 452 g/mol. The number of halogens is 1. The molecule has 0 atom stereocenters. The van der Waals surface area contributed by atoms with Crippen molar-refractivity contribution in [3.8, 4) is 5.69 Å². The van der Waals surface area contributed by atoms with Gasteiger partial charge in [-0.25, -0.2) is 4.98 Å². The summed E-state index contributed by atoms with van der Waals surface area (Å²) < 4.78 is 2.21. The Morgan fingerprint density at radius 1 is 1.18 bits per heavy atom. The second-order valence-corrected chi connectivity index (χ2v) is 10.5. The molecule has 1 saturated carbocycles. The Morgan fingerprint density at radius 3 is 2.74 bits per heavy atom. The normalized spacial score (nSPS) is 19.1. The highest BCUT2D eigenvalue weighted by molar-refractivity contribution is 6.30. The molecule has 4 heterocycles. The molecule has 1 amide bonds. The van der Waals surface area contributed by atoms with Gasteiger partial charge in [0.2, 0.25) is 5.91 Å². The second-order valence-electron chi connectivity index (χ2n) is 10.0. The van der Waals surface area contributed by atoms with Gasteiger partial charge in [0.05, 0.1) is 25.0 Å². The number of carbonyl (C=O) groups is 1. The summed E-state index contributed by atoms with van der Waals surface area (Å²) in [7, 11) is 3.56. The summed E-state index contributed by atoms with van der Waals surface area (Å²) in [5.41, 5.74) is 2.48. The van der Waals surface area contributed by atoms with Gasteiger partial charge in [0.25, 0.3) is 0 Å². The lowest BCUT2D eigenvalue weighted by Crippen LogP contribution is -2.62. The second kappa shape index (κ2) is 8.02. The number of hydrogen-bond acceptors (Lipinski definition) is 7. The lowest BCUT2D eigenvalue weighted by atomic mass is 9.57. The molecule has 6 rings (SSSR count). The Labute approximate surface area is 203 Å². The summed E-state index contributed by atoms with van der Waals surface area (Å²) in [6, 6.07) is 5.97. The molecule has 10 heteroatoms. The standard InChI is InChI=1S/C24H27ClN8O/c1-30(2)22(34)13-31-11-16-7-18(25)3-4-19(16)33-21(12-31)28-29-23(33)17-8-24(9-17)14-32(15-24)20-10-26-5-6-27-20/h3-7,10,17H,8-9,11-15H2,1-2H3. The van der Waals surface area contributed by atoms with Crippen molar-refractivity contribution < 1.29 is 4.79 Å². The van der Waals surface area contributed by atoms with Crippen molar-refractivity contribution in [2.45, 2.75) is 31.8 Å². The molecule has 1 saturated heterocycles. The first kappa shape index (κ1) is 21.5. The van der Waals surface area contributed by atoms with Gasteiger partial charge in [0.15, 0.2) is 5.82 Å². The predicted molar refractivity (Wildman–Crippen MR) is 128 cm³/mol. The van der Waals surface area contributed by atoms with Gasteiger partial charge in [-0.15, -0.1) is 10.2 Å². The summed E-state index contributed by atoms with van der Waals surface area (Å²) in [4.78, 5) is 27.1. The van der Waals surface area contributed by atoms with Crippen LogP contribution in [0.2, 0.25) is 5.02 Å². The molecule has 0 N–H and O–H groups in total. The van der Waals surface area contributed by atoms with Gasteiger partial charge in [0, 0.05) is 62.5 Å². The van der Waals surface area contributed by atoms with Crippen LogP contribution in [-0.2, 0) is 17.9 Å². The van der Waals surface area contributed by atoms with Crippen LogP contribution in [0.3, 0.4) is 0 Å². The highest BCUT2D eigenvalue weighted by Gasteiger charge is 2.54. The minimum absolute atomic E-state index is 0.0651. The van der Waals surface area contributed by atoms with Gasteiger partial charge in [0.1, 0.15) is 11.6 Å². The SMILES string of the molecule is CN(C)C(=O)CN1Cc2cc(Cl)ccc2-n2c(nnc2C2CC3(C2)CN(c2cnccn2)C3)C1. The van der Waals surface area contributed by atoms with E-state index in [0.29, 0.717) is 36.0 Å². The molecule has 3 aliphatic rings. The first-order chi connectivity index (χ1) is 16.4. The van der Waals surface area contributed by atoms with Crippen LogP contribution in [0.4, 0.5) is 5.82 Å². The molecule has 2 aromatic heterocycles. The average molecular weight is 479 g/mol. The number of likely N-dealkylation sites (N-methyl/N-ethyl adjacent to an activating group) is 1. The highest BCUT2D eigenvalue weighted by Crippen LogP contribution is 2.56. The summed E-state index contributed by atoms with van der Waals surface area (Å²) in [5, 5.41) is 9.93. The Bertz CT molecular complexity index is 1230. The highest BCUT2D eigenvalue weighted by atomic mass is 35.5. The third kappa shape index (κ3) is 3.63. The van der Waals surface area contributed by atoms with E-state index in [9.17, 15) is 4.79 Å². The molecule has 9 nitrogen and oxygen atoms in total. The summed E-state index contributed by atoms with van der Waals surface area (Å²) in [6.45, 7) is 3.55. The Hall–Kier alpha value is -3.04. The fourth-order valence-corrected chi connectivity index (χ4v) is 5.80. The molecule has 176 valence electrons. The van der Waals surface area contributed by atoms with E-state index in [1.54, 1.807) is 31.4 Å². The maximum Gasteiger partial charge on any atom is 0.236 e. The first-order valence-corrected chi connectivity index (χ1v) is 12.0. The van der Waals surface area contributed by atoms with Crippen molar-refractivity contribution in [3.63, 3.8) is 0 Å². The van der Waals surface area contributed by atoms with E-state index in [2.05, 4.69) is 40.6 Å². The Morgan fingerprint density at radius 2 is 2.00 bits per heavy atom. The zero-order chi connectivity index (χ0) is 23.4. The molecule has 3 aromatic rings. The monoisotopic (exact) mass is 478 g/mol. The summed E-state index contributed by atoms with van der Waals surface area (Å²) in [5.74, 6) is 3.27. The van der Waals surface area contributed by atoms with E-state index < -0.39 is 0 Å². The zero-order valence-corrected chi connectivity index (χ0v) is 20.1. The van der Waals surface area contributed by atoms with E-state index in [1.165, 1.54) is 0 Å². The quantitative estimate of drug-likeness (QED) is 0.569. The van der Waals surface area contributed by atoms with Crippen molar-refractivity contribution in [2.24, 2.45) is 5.41 Å². The molecule has 34 heavy (non-hydrogen) atoms. The van der Waals surface area contributed by atoms with Gasteiger partial charge in [-0.3, -0.25) is 19.2 Å². The van der Waals surface area contributed by atoms with E-state index >= 15 is 0 Å². The average Bonchev–Trinajstić information content (AvgIpc) is 3.08. The van der Waals surface area contributed by atoms with Crippen molar-refractivity contribution in [3.05, 3.63) is 59.0 Å². The Kier molecular flexibility index (Phi) is 5.07. The number of benzene rings is 1. The smallest absolute Gasteiger partial charge is 0.236 e. The van der Waals surface area contributed by atoms with Crippen LogP contribution in [0, 0.1) is 5.41 Å². The fraction of sp³-hybridized carbons (Fsp3) is 0.458. The molecule has 1 aromatic carbocycles. The molecular formula is C24H27ClN8O. The van der Waals surface area contributed by atoms with Crippen LogP contribution in [-0.4, -0.2) is 74.2 Å². The van der Waals surface area contributed by atoms with Gasteiger partial charge < -0.3 is 9.80 Å². The molecule has 2 fully saturated rings. The lowest BCUT2D eigenvalue weighted by Gasteiger charge is -2.59.